The van der Waals surface area contributed by atoms with E-state index in [-0.39, 0.29) is 71.2 Å². The molecule has 2 saturated heterocycles. The first-order valence-electron chi connectivity index (χ1n) is 46.5. The SMILES string of the molecule is COC(=O)COc1ccc([S+]2CCCC2)c2ccccc12.Cc1cc([S+](c2ccccc2)c2ccccc2)cc(C)c1OC(=O)COC1(C)C2CC3CC(C2)CC1C3.Cc1cccc([S+](c2ccccc2)c2ccccc2)c1.FC(F)(F)c1cccc([S+](c2ccccc2)c2ccccc2)c1.O=C(COc1ccc([S+]2CCCC2)c2ccccc12)OC1C2CC3CC(C2)CC1C3. The maximum atomic E-state index is 13.0. The number of alkyl halides is 3. The summed E-state index contributed by atoms with van der Waals surface area (Å²) in [6, 6.07) is 106. The van der Waals surface area contributed by atoms with Gasteiger partial charge in [0.1, 0.15) is 53.0 Å². The van der Waals surface area contributed by atoms with Crippen LogP contribution in [-0.4, -0.2) is 79.6 Å². The van der Waals surface area contributed by atoms with Crippen molar-refractivity contribution < 1.29 is 56.0 Å². The van der Waals surface area contributed by atoms with Crippen LogP contribution in [-0.2, 0) is 89.2 Å². The fourth-order valence-electron chi connectivity index (χ4n) is 21.6. The number of benzene rings is 13. The quantitative estimate of drug-likeness (QED) is 0.0372. The predicted molar refractivity (Wildman–Crippen MR) is 528 cm³/mol. The van der Waals surface area contributed by atoms with Crippen LogP contribution in [0.4, 0.5) is 13.2 Å². The summed E-state index contributed by atoms with van der Waals surface area (Å²) in [4.78, 5) is 50.4. The van der Waals surface area contributed by atoms with Gasteiger partial charge in [-0.25, -0.2) is 14.4 Å². The van der Waals surface area contributed by atoms with Gasteiger partial charge in [-0.2, -0.15) is 13.2 Å². The lowest BCUT2D eigenvalue weighted by molar-refractivity contribution is -0.199. The highest BCUT2D eigenvalue weighted by Gasteiger charge is 2.56. The van der Waals surface area contributed by atoms with Gasteiger partial charge in [-0.05, 0) is 315 Å². The molecule has 0 amide bonds. The standard InChI is InChI=1S/C33H37O3S.C26H31O3S.C19H14F3S.C19H17S.C17H19O3S/c1-22-14-30(37(28-10-6-4-7-11-28)29-12-8-5-9-13-29)15-23(2)32(22)36-31(34)21-35-33(3)26-17-24-16-25(19-26)20-27(33)18-24;27-25(29-26-19-12-17-11-18(14-19)15-20(26)13-17)16-28-23-7-8-24(30-9-3-4-10-30)22-6-2-1-5-21(22)23;20-19(21,22)15-8-7-13-18(14-15)23(16-9-3-1-4-10-16)17-11-5-2-6-12-17;1-16-9-8-14-19(15-16)20(17-10-4-2-5-11-17)18-12-6-3-7-13-18;1-19-17(18)12-20-15-8-9-16(21-10-4-5-11-21)14-7-3-2-6-13(14)15/h4-15,24-27H,16-21H2,1-3H3;1-2,5-8,17-20,26H,3-4,9-16H2;1-14H;2-15H,1H3;2-3,6-9H,4-5,10-12H2,1H3/q5*+1. The second-order valence-corrected chi connectivity index (χ2v) is 46.8. The Morgan fingerprint density at radius 1 is 0.366 bits per heavy atom. The Bertz CT molecular complexity index is 5800. The molecule has 0 N–H and O–H groups in total. The fourth-order valence-corrected chi connectivity index (χ4v) is 33.2. The van der Waals surface area contributed by atoms with Crippen molar-refractivity contribution in [1.29, 1.82) is 0 Å². The topological polar surface area (TPSA) is 107 Å². The van der Waals surface area contributed by atoms with Crippen molar-refractivity contribution in [3.63, 3.8) is 0 Å². The van der Waals surface area contributed by atoms with Crippen LogP contribution in [0.3, 0.4) is 0 Å². The third-order valence-electron chi connectivity index (χ3n) is 27.3. The number of rotatable bonds is 22. The molecular weight excluding hydrogens is 1730 g/mol. The number of fused-ring (bicyclic) bond motifs is 2. The number of carbonyl (C=O) groups excluding carboxylic acids is 3. The van der Waals surface area contributed by atoms with Gasteiger partial charge in [0.15, 0.2) is 67.1 Å². The van der Waals surface area contributed by atoms with Crippen molar-refractivity contribution in [1.82, 2.24) is 0 Å². The van der Waals surface area contributed by atoms with E-state index >= 15 is 0 Å². The molecular formula is C114H118F3O9S5+5. The second-order valence-electron chi connectivity index (χ2n) is 36.2. The van der Waals surface area contributed by atoms with Gasteiger partial charge in [0.05, 0.1) is 51.0 Å². The first-order chi connectivity index (χ1) is 63.8. The third-order valence-corrected chi connectivity index (χ3v) is 39.0. The van der Waals surface area contributed by atoms with Crippen LogP contribution in [0.25, 0.3) is 21.5 Å². The number of ether oxygens (including phenoxy) is 6. The number of hydrogen-bond donors (Lipinski definition) is 0. The zero-order valence-corrected chi connectivity index (χ0v) is 79.5. The van der Waals surface area contributed by atoms with Crippen LogP contribution in [0.5, 0.6) is 17.2 Å². The molecule has 674 valence electrons. The van der Waals surface area contributed by atoms with Crippen LogP contribution >= 0.6 is 0 Å². The summed E-state index contributed by atoms with van der Waals surface area (Å²) in [5, 5.41) is 4.75. The van der Waals surface area contributed by atoms with Crippen molar-refractivity contribution in [2.24, 2.45) is 47.3 Å². The minimum atomic E-state index is -4.33. The molecule has 0 spiro atoms. The molecule has 0 radical (unpaired) electrons. The largest absolute Gasteiger partial charge is 0.481 e. The molecule has 13 aromatic carbocycles. The third kappa shape index (κ3) is 22.5. The molecule has 131 heavy (non-hydrogen) atoms. The molecule has 8 aliphatic carbocycles. The average Bonchev–Trinajstić information content (AvgIpc) is 1.68. The molecule has 2 aliphatic heterocycles. The average molecular weight is 1850 g/mol. The number of hydrogen-bond acceptors (Lipinski definition) is 9. The Labute approximate surface area is 785 Å². The summed E-state index contributed by atoms with van der Waals surface area (Å²) in [6.45, 7) is 8.47. The van der Waals surface area contributed by atoms with E-state index in [2.05, 4.69) is 237 Å². The van der Waals surface area contributed by atoms with Crippen LogP contribution in [0.15, 0.2) is 369 Å². The highest BCUT2D eigenvalue weighted by Crippen LogP contribution is 2.60. The Morgan fingerprint density at radius 3 is 1.11 bits per heavy atom. The highest BCUT2D eigenvalue weighted by molar-refractivity contribution is 7.98. The first kappa shape index (κ1) is 92.7. The molecule has 23 rings (SSSR count). The second kappa shape index (κ2) is 43.3. The molecule has 8 saturated carbocycles. The van der Waals surface area contributed by atoms with E-state index in [0.29, 0.717) is 56.1 Å². The molecule has 9 nitrogen and oxygen atoms in total. The molecule has 2 heterocycles. The van der Waals surface area contributed by atoms with Gasteiger partial charge in [-0.1, -0.05) is 164 Å². The van der Waals surface area contributed by atoms with Gasteiger partial charge in [0, 0.05) is 61.5 Å². The van der Waals surface area contributed by atoms with Crippen LogP contribution < -0.4 is 14.2 Å². The Balaban J connectivity index is 0.000000117. The van der Waals surface area contributed by atoms with Gasteiger partial charge < -0.3 is 28.4 Å². The van der Waals surface area contributed by atoms with Gasteiger partial charge in [-0.15, -0.1) is 0 Å². The number of methoxy groups -OCH3 is 1. The number of aryl methyl sites for hydroxylation is 3. The van der Waals surface area contributed by atoms with Crippen molar-refractivity contribution >= 4 is 93.9 Å². The summed E-state index contributed by atoms with van der Waals surface area (Å²) in [7, 11) is 1.27. The maximum absolute atomic E-state index is 13.0. The summed E-state index contributed by atoms with van der Waals surface area (Å²) in [5.41, 5.74) is 2.48. The lowest BCUT2D eigenvalue weighted by Crippen LogP contribution is -2.57. The van der Waals surface area contributed by atoms with Crippen molar-refractivity contribution in [3.8, 4) is 17.2 Å². The van der Waals surface area contributed by atoms with E-state index in [9.17, 15) is 27.6 Å². The summed E-state index contributed by atoms with van der Waals surface area (Å²) in [6.07, 6.45) is 14.1. The molecule has 0 atom stereocenters. The van der Waals surface area contributed by atoms with Crippen molar-refractivity contribution in [2.45, 2.75) is 189 Å². The minimum Gasteiger partial charge on any atom is -0.481 e. The van der Waals surface area contributed by atoms with Crippen molar-refractivity contribution in [3.05, 3.63) is 338 Å². The molecule has 10 fully saturated rings. The van der Waals surface area contributed by atoms with Gasteiger partial charge >= 0.3 is 24.1 Å². The normalized spacial score (nSPS) is 21.5. The van der Waals surface area contributed by atoms with E-state index in [0.717, 1.165) is 72.9 Å². The lowest BCUT2D eigenvalue weighted by atomic mass is 9.50. The Kier molecular flexibility index (Phi) is 30.6. The van der Waals surface area contributed by atoms with E-state index in [1.807, 2.05) is 86.6 Å². The summed E-state index contributed by atoms with van der Waals surface area (Å²) < 4.78 is 73.8. The zero-order valence-electron chi connectivity index (χ0n) is 75.4. The molecule has 8 bridgehead atoms. The van der Waals surface area contributed by atoms with E-state index < -0.39 is 22.6 Å². The van der Waals surface area contributed by atoms with Crippen LogP contribution in [0.2, 0.25) is 0 Å². The lowest BCUT2D eigenvalue weighted by Gasteiger charge is -2.59. The Hall–Kier alpha value is -10.1. The fraction of sp³-hybridized carbons (Fsp3) is 0.325. The predicted octanol–water partition coefficient (Wildman–Crippen LogP) is 26.9. The van der Waals surface area contributed by atoms with Gasteiger partial charge in [0.2, 0.25) is 0 Å². The van der Waals surface area contributed by atoms with E-state index in [1.54, 1.807) is 6.07 Å². The molecule has 0 aromatic heterocycles. The monoisotopic (exact) mass is 1850 g/mol. The number of halogens is 3. The summed E-state index contributed by atoms with van der Waals surface area (Å²) >= 11 is 0. The molecule has 13 aromatic rings. The Morgan fingerprint density at radius 2 is 0.718 bits per heavy atom. The first-order valence-corrected chi connectivity index (χ1v) is 53.3. The van der Waals surface area contributed by atoms with Crippen molar-refractivity contribution in [2.75, 3.05) is 49.9 Å². The smallest absolute Gasteiger partial charge is 0.416 e. The molecule has 17 heteroatoms. The summed E-state index contributed by atoms with van der Waals surface area (Å²) in [5.74, 6) is 12.5. The van der Waals surface area contributed by atoms with Crippen LogP contribution in [0.1, 0.15) is 119 Å². The zero-order chi connectivity index (χ0) is 90.4. The molecule has 10 aliphatic rings. The van der Waals surface area contributed by atoms with Gasteiger partial charge in [-0.3, -0.25) is 0 Å². The number of esters is 3. The molecule has 0 unspecified atom stereocenters. The maximum Gasteiger partial charge on any atom is 0.416 e. The highest BCUT2D eigenvalue weighted by atomic mass is 32.2. The number of carbonyl (C=O) groups is 3. The van der Waals surface area contributed by atoms with E-state index in [1.165, 1.54) is 188 Å². The van der Waals surface area contributed by atoms with Crippen LogP contribution in [0, 0.1) is 68.1 Å². The minimum absolute atomic E-state index is 0.0118. The van der Waals surface area contributed by atoms with Gasteiger partial charge in [0.25, 0.3) is 0 Å². The van der Waals surface area contributed by atoms with E-state index in [4.69, 9.17) is 23.7 Å².